The Morgan fingerprint density at radius 2 is 2.15 bits per heavy atom. The van der Waals surface area contributed by atoms with E-state index in [1.165, 1.54) is 4.90 Å². The maximum Gasteiger partial charge on any atom is 0.415 e. The van der Waals surface area contributed by atoms with Crippen LogP contribution in [0.25, 0.3) is 0 Å². The van der Waals surface area contributed by atoms with Gasteiger partial charge in [0, 0.05) is 31.1 Å². The van der Waals surface area contributed by atoms with Gasteiger partial charge >= 0.3 is 6.09 Å². The minimum atomic E-state index is -0.523. The summed E-state index contributed by atoms with van der Waals surface area (Å²) in [4.78, 5) is 22.4. The third-order valence-electron chi connectivity index (χ3n) is 2.96. The lowest BCUT2D eigenvalue weighted by atomic mass is 10.1. The van der Waals surface area contributed by atoms with Crippen molar-refractivity contribution < 1.29 is 9.53 Å². The van der Waals surface area contributed by atoms with Gasteiger partial charge in [-0.05, 0) is 45.7 Å². The lowest BCUT2D eigenvalue weighted by molar-refractivity contribution is 0.0588. The Labute approximate surface area is 119 Å². The molecule has 1 aromatic rings. The number of ether oxygens (including phenoxy) is 1. The first-order valence-corrected chi connectivity index (χ1v) is 6.84. The van der Waals surface area contributed by atoms with Crippen LogP contribution in [0.5, 0.6) is 0 Å². The third-order valence-corrected chi connectivity index (χ3v) is 2.96. The summed E-state index contributed by atoms with van der Waals surface area (Å²) in [5.41, 5.74) is 1.41. The molecule has 108 valence electrons. The number of rotatable bonds is 2. The van der Waals surface area contributed by atoms with Crippen LogP contribution in [0.1, 0.15) is 39.2 Å². The van der Waals surface area contributed by atoms with Gasteiger partial charge in [-0.1, -0.05) is 0 Å². The fraction of sp³-hybridized carbons (Fsp3) is 0.533. The highest BCUT2D eigenvalue weighted by atomic mass is 16.6. The summed E-state index contributed by atoms with van der Waals surface area (Å²) < 4.78 is 5.38. The number of nitrogens with zero attached hydrogens (tertiary/aromatic N) is 3. The van der Waals surface area contributed by atoms with Crippen molar-refractivity contribution in [3.63, 3.8) is 0 Å². The van der Waals surface area contributed by atoms with E-state index in [1.807, 2.05) is 32.9 Å². The van der Waals surface area contributed by atoms with E-state index in [0.29, 0.717) is 5.82 Å². The van der Waals surface area contributed by atoms with E-state index in [2.05, 4.69) is 9.98 Å². The number of aliphatic imine (C=N–C) groups is 1. The fourth-order valence-electron chi connectivity index (χ4n) is 2.07. The number of carbonyl (C=O) groups is 1. The van der Waals surface area contributed by atoms with Crippen molar-refractivity contribution in [2.45, 2.75) is 39.2 Å². The van der Waals surface area contributed by atoms with Crippen molar-refractivity contribution in [2.24, 2.45) is 4.99 Å². The van der Waals surface area contributed by atoms with Crippen LogP contribution in [-0.2, 0) is 4.74 Å². The van der Waals surface area contributed by atoms with Crippen molar-refractivity contribution in [3.05, 3.63) is 23.9 Å². The second-order valence-corrected chi connectivity index (χ2v) is 5.85. The van der Waals surface area contributed by atoms with Gasteiger partial charge in [0.05, 0.1) is 0 Å². The molecule has 0 radical (unpaired) electrons. The van der Waals surface area contributed by atoms with E-state index in [1.54, 1.807) is 13.2 Å². The minimum Gasteiger partial charge on any atom is -0.443 e. The zero-order valence-corrected chi connectivity index (χ0v) is 12.5. The Balaban J connectivity index is 2.26. The van der Waals surface area contributed by atoms with E-state index >= 15 is 0 Å². The van der Waals surface area contributed by atoms with Crippen molar-refractivity contribution in [2.75, 3.05) is 18.5 Å². The van der Waals surface area contributed by atoms with Gasteiger partial charge in [0.15, 0.2) is 0 Å². The second-order valence-electron chi connectivity index (χ2n) is 5.85. The molecule has 5 heteroatoms. The molecule has 0 spiro atoms. The van der Waals surface area contributed by atoms with Crippen LogP contribution in [0.15, 0.2) is 23.3 Å². The van der Waals surface area contributed by atoms with Gasteiger partial charge in [0.25, 0.3) is 0 Å². The summed E-state index contributed by atoms with van der Waals surface area (Å²) in [6.07, 6.45) is 3.26. The summed E-state index contributed by atoms with van der Waals surface area (Å²) >= 11 is 0. The Morgan fingerprint density at radius 3 is 2.75 bits per heavy atom. The lowest BCUT2D eigenvalue weighted by Crippen LogP contribution is -2.35. The highest BCUT2D eigenvalue weighted by Crippen LogP contribution is 2.23. The topological polar surface area (TPSA) is 54.8 Å². The first kappa shape index (κ1) is 14.5. The molecule has 0 fully saturated rings. The zero-order chi connectivity index (χ0) is 14.8. The van der Waals surface area contributed by atoms with E-state index in [4.69, 9.17) is 4.74 Å². The van der Waals surface area contributed by atoms with Crippen LogP contribution in [0.3, 0.4) is 0 Å². The van der Waals surface area contributed by atoms with Crippen LogP contribution >= 0.6 is 0 Å². The standard InChI is InChI=1S/C15H21N3O2/c1-15(2,3)20-14(19)18(4)13-11(7-5-10-17-13)12-8-6-9-16-12/h5,7,10H,6,8-9H2,1-4H3. The molecule has 0 saturated heterocycles. The van der Waals surface area contributed by atoms with Gasteiger partial charge in [0.1, 0.15) is 11.4 Å². The summed E-state index contributed by atoms with van der Waals surface area (Å²) in [5.74, 6) is 0.599. The van der Waals surface area contributed by atoms with Crippen molar-refractivity contribution >= 4 is 17.6 Å². The van der Waals surface area contributed by atoms with Gasteiger partial charge in [-0.25, -0.2) is 9.78 Å². The molecule has 0 saturated carbocycles. The molecule has 0 aromatic carbocycles. The predicted molar refractivity (Wildman–Crippen MR) is 79.5 cm³/mol. The largest absolute Gasteiger partial charge is 0.443 e. The molecule has 0 bridgehead atoms. The van der Waals surface area contributed by atoms with Gasteiger partial charge in [-0.2, -0.15) is 0 Å². The van der Waals surface area contributed by atoms with E-state index < -0.39 is 11.7 Å². The molecule has 0 unspecified atom stereocenters. The number of hydrogen-bond acceptors (Lipinski definition) is 4. The van der Waals surface area contributed by atoms with Crippen LogP contribution in [0.2, 0.25) is 0 Å². The summed E-state index contributed by atoms with van der Waals surface area (Å²) in [6, 6.07) is 3.82. The first-order valence-electron chi connectivity index (χ1n) is 6.84. The molecule has 0 atom stereocenters. The minimum absolute atomic E-state index is 0.406. The molecule has 1 amide bonds. The Kier molecular flexibility index (Phi) is 4.06. The maximum absolute atomic E-state index is 12.2. The molecule has 2 rings (SSSR count). The van der Waals surface area contributed by atoms with Crippen molar-refractivity contribution in [1.82, 2.24) is 4.98 Å². The summed E-state index contributed by atoms with van der Waals surface area (Å²) in [7, 11) is 1.68. The molecule has 0 aliphatic carbocycles. The van der Waals surface area contributed by atoms with Gasteiger partial charge in [-0.3, -0.25) is 9.89 Å². The van der Waals surface area contributed by atoms with Gasteiger partial charge in [-0.15, -0.1) is 0 Å². The predicted octanol–water partition coefficient (Wildman–Crippen LogP) is 3.04. The number of aromatic nitrogens is 1. The average molecular weight is 275 g/mol. The molecule has 1 aliphatic rings. The molecular weight excluding hydrogens is 254 g/mol. The number of hydrogen-bond donors (Lipinski definition) is 0. The van der Waals surface area contributed by atoms with Gasteiger partial charge in [0.2, 0.25) is 0 Å². The maximum atomic E-state index is 12.2. The fourth-order valence-corrected chi connectivity index (χ4v) is 2.07. The van der Waals surface area contributed by atoms with Crippen LogP contribution in [-0.4, -0.2) is 36.0 Å². The number of amides is 1. The molecule has 20 heavy (non-hydrogen) atoms. The lowest BCUT2D eigenvalue weighted by Gasteiger charge is -2.25. The number of carbonyl (C=O) groups excluding carboxylic acids is 1. The zero-order valence-electron chi connectivity index (χ0n) is 12.5. The molecule has 0 N–H and O–H groups in total. The quantitative estimate of drug-likeness (QED) is 0.833. The first-order chi connectivity index (χ1) is 9.38. The second kappa shape index (κ2) is 5.61. The molecular formula is C15H21N3O2. The molecule has 1 aromatic heterocycles. The van der Waals surface area contributed by atoms with Crippen LogP contribution in [0, 0.1) is 0 Å². The molecule has 2 heterocycles. The monoisotopic (exact) mass is 275 g/mol. The number of anilines is 1. The van der Waals surface area contributed by atoms with E-state index in [0.717, 1.165) is 30.7 Å². The third kappa shape index (κ3) is 3.35. The van der Waals surface area contributed by atoms with Crippen molar-refractivity contribution in [1.29, 1.82) is 0 Å². The van der Waals surface area contributed by atoms with Gasteiger partial charge < -0.3 is 4.74 Å². The normalized spacial score (nSPS) is 14.9. The van der Waals surface area contributed by atoms with Crippen LogP contribution < -0.4 is 4.90 Å². The SMILES string of the molecule is CN(C(=O)OC(C)(C)C)c1ncccc1C1=NCCC1. The highest BCUT2D eigenvalue weighted by Gasteiger charge is 2.24. The van der Waals surface area contributed by atoms with E-state index in [-0.39, 0.29) is 0 Å². The Morgan fingerprint density at radius 1 is 1.40 bits per heavy atom. The highest BCUT2D eigenvalue weighted by molar-refractivity contribution is 6.07. The summed E-state index contributed by atoms with van der Waals surface area (Å²) in [5, 5.41) is 0. The number of pyridine rings is 1. The Bertz CT molecular complexity index is 532. The van der Waals surface area contributed by atoms with E-state index in [9.17, 15) is 4.79 Å². The molecule has 1 aliphatic heterocycles. The molecule has 5 nitrogen and oxygen atoms in total. The average Bonchev–Trinajstić information content (AvgIpc) is 2.89. The summed E-state index contributed by atoms with van der Waals surface area (Å²) in [6.45, 7) is 6.39. The van der Waals surface area contributed by atoms with Crippen molar-refractivity contribution in [3.8, 4) is 0 Å². The smallest absolute Gasteiger partial charge is 0.415 e. The van der Waals surface area contributed by atoms with Crippen LogP contribution in [0.4, 0.5) is 10.6 Å². The Hall–Kier alpha value is -1.91.